The van der Waals surface area contributed by atoms with E-state index in [0.717, 1.165) is 30.8 Å². The van der Waals surface area contributed by atoms with Crippen LogP contribution in [0.15, 0.2) is 29.4 Å². The van der Waals surface area contributed by atoms with Gasteiger partial charge in [-0.3, -0.25) is 15.0 Å². The number of nitro groups is 1. The number of likely N-dealkylation sites (tertiary alicyclic amines) is 1. The Morgan fingerprint density at radius 3 is 3.00 bits per heavy atom. The first-order valence-corrected chi connectivity index (χ1v) is 6.26. The second-order valence-electron chi connectivity index (χ2n) is 4.90. The quantitative estimate of drug-likeness (QED) is 0.515. The van der Waals surface area contributed by atoms with Crippen LogP contribution in [0.5, 0.6) is 0 Å². The van der Waals surface area contributed by atoms with E-state index in [9.17, 15) is 10.1 Å². The van der Waals surface area contributed by atoms with Crippen molar-refractivity contribution in [3.05, 3.63) is 39.9 Å². The number of benzene rings is 1. The van der Waals surface area contributed by atoms with Gasteiger partial charge in [0.05, 0.1) is 10.6 Å². The molecule has 102 valence electrons. The molecular weight excluding hydrogens is 246 g/mol. The van der Waals surface area contributed by atoms with Crippen LogP contribution in [0.2, 0.25) is 0 Å². The average Bonchev–Trinajstić information content (AvgIpc) is 2.39. The van der Waals surface area contributed by atoms with E-state index in [1.54, 1.807) is 12.1 Å². The molecule has 1 unspecified atom stereocenters. The van der Waals surface area contributed by atoms with E-state index in [2.05, 4.69) is 10.1 Å². The summed E-state index contributed by atoms with van der Waals surface area (Å²) in [6, 6.07) is 6.72. The van der Waals surface area contributed by atoms with E-state index < -0.39 is 0 Å². The number of hydrogen-bond donors (Lipinski definition) is 1. The molecule has 0 radical (unpaired) electrons. The van der Waals surface area contributed by atoms with Crippen LogP contribution in [0.1, 0.15) is 18.9 Å². The SMILES string of the molecule is CC1CN(Cc2cccc([N+](=O)[O-])c2)CC/C1=N\O. The summed E-state index contributed by atoms with van der Waals surface area (Å²) in [5.74, 6) is 0.220. The lowest BCUT2D eigenvalue weighted by molar-refractivity contribution is -0.384. The molecule has 1 aliphatic rings. The summed E-state index contributed by atoms with van der Waals surface area (Å²) >= 11 is 0. The summed E-state index contributed by atoms with van der Waals surface area (Å²) in [5, 5.41) is 22.9. The Bertz CT molecular complexity index is 502. The van der Waals surface area contributed by atoms with Gasteiger partial charge < -0.3 is 5.21 Å². The second kappa shape index (κ2) is 5.79. The van der Waals surface area contributed by atoms with Gasteiger partial charge in [0.25, 0.3) is 5.69 Å². The lowest BCUT2D eigenvalue weighted by Gasteiger charge is -2.31. The molecule has 0 aliphatic carbocycles. The summed E-state index contributed by atoms with van der Waals surface area (Å²) in [5.41, 5.74) is 1.89. The molecule has 0 spiro atoms. The number of hydrogen-bond acceptors (Lipinski definition) is 5. The van der Waals surface area contributed by atoms with Crippen LogP contribution < -0.4 is 0 Å². The van der Waals surface area contributed by atoms with Gasteiger partial charge in [-0.05, 0) is 5.56 Å². The molecule has 6 heteroatoms. The van der Waals surface area contributed by atoms with Crippen LogP contribution in [0, 0.1) is 16.0 Å². The third-order valence-electron chi connectivity index (χ3n) is 3.44. The molecule has 0 amide bonds. The van der Waals surface area contributed by atoms with Crippen LogP contribution in [0.25, 0.3) is 0 Å². The first-order chi connectivity index (χ1) is 9.10. The van der Waals surface area contributed by atoms with Crippen LogP contribution in [-0.4, -0.2) is 33.8 Å². The third kappa shape index (κ3) is 3.29. The van der Waals surface area contributed by atoms with Gasteiger partial charge in [-0.2, -0.15) is 0 Å². The van der Waals surface area contributed by atoms with E-state index in [1.807, 2.05) is 13.0 Å². The molecule has 1 aromatic rings. The zero-order valence-corrected chi connectivity index (χ0v) is 10.8. The maximum atomic E-state index is 10.7. The Balaban J connectivity index is 2.02. The molecule has 1 aliphatic heterocycles. The minimum atomic E-state index is -0.376. The highest BCUT2D eigenvalue weighted by molar-refractivity contribution is 5.86. The molecule has 1 fully saturated rings. The molecule has 0 saturated carbocycles. The smallest absolute Gasteiger partial charge is 0.269 e. The van der Waals surface area contributed by atoms with Crippen molar-refractivity contribution >= 4 is 11.4 Å². The van der Waals surface area contributed by atoms with E-state index >= 15 is 0 Å². The molecule has 19 heavy (non-hydrogen) atoms. The summed E-state index contributed by atoms with van der Waals surface area (Å²) in [7, 11) is 0. The predicted molar refractivity (Wildman–Crippen MR) is 71.4 cm³/mol. The molecule has 0 aromatic heterocycles. The van der Waals surface area contributed by atoms with Gasteiger partial charge in [0.1, 0.15) is 0 Å². The largest absolute Gasteiger partial charge is 0.411 e. The lowest BCUT2D eigenvalue weighted by Crippen LogP contribution is -2.39. The van der Waals surface area contributed by atoms with Crippen molar-refractivity contribution in [2.75, 3.05) is 13.1 Å². The average molecular weight is 263 g/mol. The molecule has 1 aromatic carbocycles. The van der Waals surface area contributed by atoms with Crippen LogP contribution in [0.3, 0.4) is 0 Å². The highest BCUT2D eigenvalue weighted by Gasteiger charge is 2.22. The molecule has 1 N–H and O–H groups in total. The fraction of sp³-hybridized carbons (Fsp3) is 0.462. The molecule has 1 saturated heterocycles. The van der Waals surface area contributed by atoms with Gasteiger partial charge in [0.2, 0.25) is 0 Å². The topological polar surface area (TPSA) is 79.0 Å². The van der Waals surface area contributed by atoms with E-state index in [0.29, 0.717) is 6.54 Å². The fourth-order valence-corrected chi connectivity index (χ4v) is 2.42. The van der Waals surface area contributed by atoms with Gasteiger partial charge in [0, 0.05) is 44.1 Å². The number of rotatable bonds is 3. The standard InChI is InChI=1S/C13H17N3O3/c1-10-8-15(6-5-13(10)14-17)9-11-3-2-4-12(7-11)16(18)19/h2-4,7,10,17H,5-6,8-9H2,1H3/b14-13+. The summed E-state index contributed by atoms with van der Waals surface area (Å²) < 4.78 is 0. The van der Waals surface area contributed by atoms with Gasteiger partial charge in [-0.15, -0.1) is 0 Å². The van der Waals surface area contributed by atoms with Crippen LogP contribution in [-0.2, 0) is 6.54 Å². The van der Waals surface area contributed by atoms with Gasteiger partial charge in [-0.1, -0.05) is 24.2 Å². The van der Waals surface area contributed by atoms with E-state index in [1.165, 1.54) is 6.07 Å². The fourth-order valence-electron chi connectivity index (χ4n) is 2.42. The number of piperidine rings is 1. The Kier molecular flexibility index (Phi) is 4.11. The number of nitrogens with zero attached hydrogens (tertiary/aromatic N) is 3. The summed E-state index contributed by atoms with van der Waals surface area (Å²) in [6.07, 6.45) is 0.743. The predicted octanol–water partition coefficient (Wildman–Crippen LogP) is 2.27. The summed E-state index contributed by atoms with van der Waals surface area (Å²) in [4.78, 5) is 12.6. The van der Waals surface area contributed by atoms with Crippen molar-refractivity contribution in [2.24, 2.45) is 11.1 Å². The van der Waals surface area contributed by atoms with E-state index in [-0.39, 0.29) is 16.5 Å². The van der Waals surface area contributed by atoms with Crippen molar-refractivity contribution in [1.82, 2.24) is 4.90 Å². The lowest BCUT2D eigenvalue weighted by atomic mass is 9.97. The molecule has 2 rings (SSSR count). The van der Waals surface area contributed by atoms with Gasteiger partial charge >= 0.3 is 0 Å². The van der Waals surface area contributed by atoms with Crippen molar-refractivity contribution in [3.8, 4) is 0 Å². The van der Waals surface area contributed by atoms with E-state index in [4.69, 9.17) is 5.21 Å². The molecule has 1 heterocycles. The molecular formula is C13H17N3O3. The van der Waals surface area contributed by atoms with Crippen molar-refractivity contribution < 1.29 is 10.1 Å². The summed E-state index contributed by atoms with van der Waals surface area (Å²) in [6.45, 7) is 4.33. The molecule has 0 bridgehead atoms. The first kappa shape index (κ1) is 13.5. The maximum Gasteiger partial charge on any atom is 0.269 e. The van der Waals surface area contributed by atoms with Crippen molar-refractivity contribution in [1.29, 1.82) is 0 Å². The minimum Gasteiger partial charge on any atom is -0.411 e. The normalized spacial score (nSPS) is 22.6. The second-order valence-corrected chi connectivity index (χ2v) is 4.90. The Morgan fingerprint density at radius 1 is 1.58 bits per heavy atom. The molecule has 1 atom stereocenters. The van der Waals surface area contributed by atoms with Gasteiger partial charge in [0.15, 0.2) is 0 Å². The highest BCUT2D eigenvalue weighted by Crippen LogP contribution is 2.19. The number of nitro benzene ring substituents is 1. The zero-order valence-electron chi connectivity index (χ0n) is 10.8. The highest BCUT2D eigenvalue weighted by atomic mass is 16.6. The Morgan fingerprint density at radius 2 is 2.37 bits per heavy atom. The van der Waals surface area contributed by atoms with Crippen LogP contribution >= 0.6 is 0 Å². The zero-order chi connectivity index (χ0) is 13.8. The minimum absolute atomic E-state index is 0.125. The monoisotopic (exact) mass is 263 g/mol. The molecule has 6 nitrogen and oxygen atoms in total. The first-order valence-electron chi connectivity index (χ1n) is 6.26. The Hall–Kier alpha value is -1.95. The third-order valence-corrected chi connectivity index (χ3v) is 3.44. The van der Waals surface area contributed by atoms with Gasteiger partial charge in [-0.25, -0.2) is 0 Å². The number of oxime groups is 1. The van der Waals surface area contributed by atoms with Crippen molar-refractivity contribution in [3.63, 3.8) is 0 Å². The van der Waals surface area contributed by atoms with Crippen molar-refractivity contribution in [2.45, 2.75) is 19.9 Å². The Labute approximate surface area is 111 Å². The maximum absolute atomic E-state index is 10.7. The van der Waals surface area contributed by atoms with Crippen LogP contribution in [0.4, 0.5) is 5.69 Å². The number of non-ortho nitro benzene ring substituents is 1.